The normalized spacial score (nSPS) is 10.7. The molecular formula is C15H12ClNO4. The average molecular weight is 306 g/mol. The Morgan fingerprint density at radius 3 is 2.71 bits per heavy atom. The fourth-order valence-electron chi connectivity index (χ4n) is 1.71. The van der Waals surface area contributed by atoms with E-state index in [0.717, 1.165) is 4.90 Å². The van der Waals surface area contributed by atoms with Gasteiger partial charge in [-0.05, 0) is 36.4 Å². The van der Waals surface area contributed by atoms with Gasteiger partial charge in [-0.15, -0.1) is 0 Å². The Morgan fingerprint density at radius 2 is 2.10 bits per heavy atom. The molecule has 1 aromatic carbocycles. The maximum atomic E-state index is 12.2. The highest BCUT2D eigenvalue weighted by Crippen LogP contribution is 2.20. The number of carboxylic acid groups (broad SMARTS) is 1. The van der Waals surface area contributed by atoms with Crippen LogP contribution < -0.4 is 4.90 Å². The van der Waals surface area contributed by atoms with Gasteiger partial charge in [0, 0.05) is 16.8 Å². The van der Waals surface area contributed by atoms with E-state index in [1.54, 1.807) is 30.3 Å². The van der Waals surface area contributed by atoms with E-state index in [4.69, 9.17) is 21.1 Å². The third-order valence-corrected chi connectivity index (χ3v) is 2.85. The largest absolute Gasteiger partial charge is 0.480 e. The Labute approximate surface area is 126 Å². The molecule has 1 aromatic heterocycles. The fraction of sp³-hybridized carbons (Fsp3) is 0.0667. The van der Waals surface area contributed by atoms with Gasteiger partial charge < -0.3 is 9.52 Å². The summed E-state index contributed by atoms with van der Waals surface area (Å²) in [7, 11) is 0. The molecule has 6 heteroatoms. The number of anilines is 1. The van der Waals surface area contributed by atoms with E-state index in [1.165, 1.54) is 24.5 Å². The molecule has 0 saturated heterocycles. The molecule has 0 fully saturated rings. The van der Waals surface area contributed by atoms with E-state index in [-0.39, 0.29) is 0 Å². The number of benzene rings is 1. The lowest BCUT2D eigenvalue weighted by Gasteiger charge is -2.19. The zero-order valence-corrected chi connectivity index (χ0v) is 11.7. The Hall–Kier alpha value is -2.53. The monoisotopic (exact) mass is 305 g/mol. The molecule has 1 heterocycles. The molecule has 0 aliphatic rings. The molecule has 0 aliphatic carbocycles. The second-order valence-corrected chi connectivity index (χ2v) is 4.58. The third kappa shape index (κ3) is 4.22. The summed E-state index contributed by atoms with van der Waals surface area (Å²) in [5.74, 6) is -1.09. The summed E-state index contributed by atoms with van der Waals surface area (Å²) in [5, 5.41) is 9.37. The first-order valence-corrected chi connectivity index (χ1v) is 6.44. The number of aliphatic carboxylic acids is 1. The first-order valence-electron chi connectivity index (χ1n) is 6.07. The maximum Gasteiger partial charge on any atom is 0.323 e. The molecule has 21 heavy (non-hydrogen) atoms. The van der Waals surface area contributed by atoms with Gasteiger partial charge in [-0.3, -0.25) is 14.5 Å². The zero-order chi connectivity index (χ0) is 15.2. The van der Waals surface area contributed by atoms with Gasteiger partial charge in [-0.1, -0.05) is 17.7 Å². The number of carbonyl (C=O) groups excluding carboxylic acids is 1. The highest BCUT2D eigenvalue weighted by Gasteiger charge is 2.17. The molecule has 0 unspecified atom stereocenters. The van der Waals surface area contributed by atoms with Crippen molar-refractivity contribution >= 4 is 35.2 Å². The smallest absolute Gasteiger partial charge is 0.323 e. The van der Waals surface area contributed by atoms with Gasteiger partial charge in [0.2, 0.25) is 0 Å². The Bertz CT molecular complexity index is 664. The van der Waals surface area contributed by atoms with Crippen molar-refractivity contribution in [3.05, 3.63) is 59.5 Å². The van der Waals surface area contributed by atoms with E-state index in [9.17, 15) is 9.59 Å². The second-order valence-electron chi connectivity index (χ2n) is 4.15. The lowest BCUT2D eigenvalue weighted by molar-refractivity contribution is -0.136. The third-order valence-electron chi connectivity index (χ3n) is 2.61. The van der Waals surface area contributed by atoms with Gasteiger partial charge in [-0.25, -0.2) is 0 Å². The van der Waals surface area contributed by atoms with Crippen LogP contribution in [0.5, 0.6) is 0 Å². The number of carboxylic acids is 1. The minimum atomic E-state index is -1.12. The Kier molecular flexibility index (Phi) is 4.79. The standard InChI is InChI=1S/C15H12ClNO4/c16-11-3-1-4-12(9-11)17(10-15(19)20)14(18)7-6-13-5-2-8-21-13/h1-9H,10H2,(H,19,20)/b7-6+. The number of amides is 1. The van der Waals surface area contributed by atoms with Crippen molar-refractivity contribution in [2.24, 2.45) is 0 Å². The van der Waals surface area contributed by atoms with E-state index in [1.807, 2.05) is 0 Å². The number of hydrogen-bond acceptors (Lipinski definition) is 3. The van der Waals surface area contributed by atoms with Crippen LogP contribution in [0.2, 0.25) is 5.02 Å². The number of nitrogens with zero attached hydrogens (tertiary/aromatic N) is 1. The summed E-state index contributed by atoms with van der Waals surface area (Å²) < 4.78 is 5.07. The quantitative estimate of drug-likeness (QED) is 0.862. The van der Waals surface area contributed by atoms with Crippen molar-refractivity contribution < 1.29 is 19.1 Å². The molecule has 0 spiro atoms. The van der Waals surface area contributed by atoms with Gasteiger partial charge in [0.15, 0.2) is 0 Å². The van der Waals surface area contributed by atoms with Crippen LogP contribution in [0.1, 0.15) is 5.76 Å². The summed E-state index contributed by atoms with van der Waals surface area (Å²) in [6.07, 6.45) is 4.21. The van der Waals surface area contributed by atoms with Gasteiger partial charge in [0.05, 0.1) is 6.26 Å². The summed E-state index contributed by atoms with van der Waals surface area (Å²) in [5.41, 5.74) is 0.416. The topological polar surface area (TPSA) is 70.8 Å². The van der Waals surface area contributed by atoms with Crippen LogP contribution in [-0.2, 0) is 9.59 Å². The number of carbonyl (C=O) groups is 2. The summed E-state index contributed by atoms with van der Waals surface area (Å²) in [4.78, 5) is 24.2. The van der Waals surface area contributed by atoms with Crippen LogP contribution in [0, 0.1) is 0 Å². The predicted octanol–water partition coefficient (Wildman–Crippen LogP) is 3.06. The van der Waals surface area contributed by atoms with Crippen LogP contribution in [-0.4, -0.2) is 23.5 Å². The number of halogens is 1. The number of hydrogen-bond donors (Lipinski definition) is 1. The van der Waals surface area contributed by atoms with E-state index >= 15 is 0 Å². The number of rotatable bonds is 5. The first kappa shape index (κ1) is 14.9. The predicted molar refractivity (Wildman–Crippen MR) is 79.2 cm³/mol. The SMILES string of the molecule is O=C(O)CN(C(=O)/C=C/c1ccco1)c1cccc(Cl)c1. The summed E-state index contributed by atoms with van der Waals surface area (Å²) in [6, 6.07) is 9.82. The van der Waals surface area contributed by atoms with Gasteiger partial charge in [0.1, 0.15) is 12.3 Å². The molecule has 0 radical (unpaired) electrons. The van der Waals surface area contributed by atoms with Crippen molar-refractivity contribution in [3.63, 3.8) is 0 Å². The highest BCUT2D eigenvalue weighted by atomic mass is 35.5. The van der Waals surface area contributed by atoms with Crippen LogP contribution in [0.15, 0.2) is 53.2 Å². The van der Waals surface area contributed by atoms with E-state index < -0.39 is 18.4 Å². The Balaban J connectivity index is 2.23. The Morgan fingerprint density at radius 1 is 1.29 bits per heavy atom. The van der Waals surface area contributed by atoms with Crippen LogP contribution in [0.25, 0.3) is 6.08 Å². The lowest BCUT2D eigenvalue weighted by atomic mass is 10.2. The van der Waals surface area contributed by atoms with Crippen molar-refractivity contribution in [1.29, 1.82) is 0 Å². The maximum absolute atomic E-state index is 12.2. The van der Waals surface area contributed by atoms with E-state index in [0.29, 0.717) is 16.5 Å². The molecule has 1 N–H and O–H groups in total. The molecule has 5 nitrogen and oxygen atoms in total. The minimum Gasteiger partial charge on any atom is -0.480 e. The molecule has 0 atom stereocenters. The number of furan rings is 1. The fourth-order valence-corrected chi connectivity index (χ4v) is 1.89. The van der Waals surface area contributed by atoms with Gasteiger partial charge in [-0.2, -0.15) is 0 Å². The zero-order valence-electron chi connectivity index (χ0n) is 10.9. The van der Waals surface area contributed by atoms with Gasteiger partial charge >= 0.3 is 5.97 Å². The van der Waals surface area contributed by atoms with E-state index in [2.05, 4.69) is 0 Å². The molecule has 1 amide bonds. The van der Waals surface area contributed by atoms with Crippen molar-refractivity contribution in [1.82, 2.24) is 0 Å². The second kappa shape index (κ2) is 6.76. The molecule has 2 aromatic rings. The van der Waals surface area contributed by atoms with Crippen molar-refractivity contribution in [3.8, 4) is 0 Å². The molecule has 0 bridgehead atoms. The van der Waals surface area contributed by atoms with Gasteiger partial charge in [0.25, 0.3) is 5.91 Å². The average Bonchev–Trinajstić information content (AvgIpc) is 2.95. The molecule has 0 saturated carbocycles. The lowest BCUT2D eigenvalue weighted by Crippen LogP contribution is -2.34. The molecule has 2 rings (SSSR count). The van der Waals surface area contributed by atoms with Crippen LogP contribution >= 0.6 is 11.6 Å². The highest BCUT2D eigenvalue weighted by molar-refractivity contribution is 6.31. The summed E-state index contributed by atoms with van der Waals surface area (Å²) >= 11 is 5.87. The first-order chi connectivity index (χ1) is 10.1. The molecule has 108 valence electrons. The molecule has 0 aliphatic heterocycles. The van der Waals surface area contributed by atoms with Crippen LogP contribution in [0.3, 0.4) is 0 Å². The minimum absolute atomic E-state index is 0.416. The van der Waals surface area contributed by atoms with Crippen LogP contribution in [0.4, 0.5) is 5.69 Å². The summed E-state index contributed by atoms with van der Waals surface area (Å²) in [6.45, 7) is -0.457. The van der Waals surface area contributed by atoms with Crippen molar-refractivity contribution in [2.75, 3.05) is 11.4 Å². The van der Waals surface area contributed by atoms with Crippen molar-refractivity contribution in [2.45, 2.75) is 0 Å². The molecular weight excluding hydrogens is 294 g/mol.